The maximum Gasteiger partial charge on any atom is 0.0384 e. The highest BCUT2D eigenvalue weighted by molar-refractivity contribution is 5.60. The number of nitrogens with one attached hydrogen (secondary N) is 1. The van der Waals surface area contributed by atoms with E-state index in [4.69, 9.17) is 0 Å². The van der Waals surface area contributed by atoms with E-state index in [9.17, 15) is 0 Å². The molecule has 100 valence electrons. The molecule has 2 aromatic rings. The summed E-state index contributed by atoms with van der Waals surface area (Å²) in [5, 5.41) is 3.44. The molecule has 0 saturated carbocycles. The molecule has 0 spiro atoms. The monoisotopic (exact) mass is 253 g/mol. The maximum atomic E-state index is 3.44. The van der Waals surface area contributed by atoms with Gasteiger partial charge in [-0.15, -0.1) is 0 Å². The standard InChI is InChI=1S/C18H23N/c1-3-5-6-16-9-13-18(14-10-16)19-17-11-7-15(4-2)8-12-17/h7-14,19H,3-6H2,1-2H3. The highest BCUT2D eigenvalue weighted by Crippen LogP contribution is 2.18. The molecule has 0 aromatic heterocycles. The highest BCUT2D eigenvalue weighted by atomic mass is 14.9. The van der Waals surface area contributed by atoms with Crippen molar-refractivity contribution in [2.45, 2.75) is 39.5 Å². The molecule has 0 heterocycles. The fourth-order valence-corrected chi connectivity index (χ4v) is 2.13. The van der Waals surface area contributed by atoms with Gasteiger partial charge >= 0.3 is 0 Å². The average molecular weight is 253 g/mol. The van der Waals surface area contributed by atoms with Crippen LogP contribution in [0.2, 0.25) is 0 Å². The van der Waals surface area contributed by atoms with Crippen LogP contribution in [-0.4, -0.2) is 0 Å². The van der Waals surface area contributed by atoms with Crippen molar-refractivity contribution in [3.63, 3.8) is 0 Å². The van der Waals surface area contributed by atoms with Gasteiger partial charge in [-0.05, 0) is 54.7 Å². The molecule has 0 fully saturated rings. The summed E-state index contributed by atoms with van der Waals surface area (Å²) in [5.74, 6) is 0. The minimum Gasteiger partial charge on any atom is -0.356 e. The van der Waals surface area contributed by atoms with Crippen molar-refractivity contribution in [2.24, 2.45) is 0 Å². The molecule has 0 atom stereocenters. The number of unbranched alkanes of at least 4 members (excludes halogenated alkanes) is 1. The van der Waals surface area contributed by atoms with E-state index in [1.165, 1.54) is 30.4 Å². The largest absolute Gasteiger partial charge is 0.356 e. The first-order valence-corrected chi connectivity index (χ1v) is 7.26. The van der Waals surface area contributed by atoms with Gasteiger partial charge in [0.15, 0.2) is 0 Å². The molecular weight excluding hydrogens is 230 g/mol. The van der Waals surface area contributed by atoms with E-state index in [0.29, 0.717) is 0 Å². The zero-order valence-electron chi connectivity index (χ0n) is 11.9. The third-order valence-electron chi connectivity index (χ3n) is 3.42. The van der Waals surface area contributed by atoms with E-state index in [2.05, 4.69) is 67.7 Å². The summed E-state index contributed by atoms with van der Waals surface area (Å²) in [6, 6.07) is 17.4. The van der Waals surface area contributed by atoms with Crippen molar-refractivity contribution in [3.05, 3.63) is 59.7 Å². The van der Waals surface area contributed by atoms with Crippen LogP contribution in [0.5, 0.6) is 0 Å². The lowest BCUT2D eigenvalue weighted by molar-refractivity contribution is 0.795. The van der Waals surface area contributed by atoms with E-state index < -0.39 is 0 Å². The van der Waals surface area contributed by atoms with E-state index >= 15 is 0 Å². The molecule has 2 rings (SSSR count). The van der Waals surface area contributed by atoms with Crippen molar-refractivity contribution in [1.82, 2.24) is 0 Å². The minimum atomic E-state index is 1.09. The van der Waals surface area contributed by atoms with Crippen LogP contribution in [0, 0.1) is 0 Å². The zero-order chi connectivity index (χ0) is 13.5. The molecule has 0 bridgehead atoms. The number of anilines is 2. The average Bonchev–Trinajstić information content (AvgIpc) is 2.47. The van der Waals surface area contributed by atoms with Crippen molar-refractivity contribution < 1.29 is 0 Å². The van der Waals surface area contributed by atoms with Crippen molar-refractivity contribution in [2.75, 3.05) is 5.32 Å². The van der Waals surface area contributed by atoms with Gasteiger partial charge in [-0.25, -0.2) is 0 Å². The first-order chi connectivity index (χ1) is 9.31. The quantitative estimate of drug-likeness (QED) is 0.733. The van der Waals surface area contributed by atoms with Gasteiger partial charge in [-0.2, -0.15) is 0 Å². The van der Waals surface area contributed by atoms with Crippen molar-refractivity contribution in [1.29, 1.82) is 0 Å². The van der Waals surface area contributed by atoms with E-state index in [0.717, 1.165) is 17.8 Å². The van der Waals surface area contributed by atoms with Gasteiger partial charge < -0.3 is 5.32 Å². The number of aryl methyl sites for hydroxylation is 2. The summed E-state index contributed by atoms with van der Waals surface area (Å²) in [7, 11) is 0. The Morgan fingerprint density at radius 3 is 1.74 bits per heavy atom. The molecule has 0 amide bonds. The second-order valence-corrected chi connectivity index (χ2v) is 4.98. The summed E-state index contributed by atoms with van der Waals surface area (Å²) in [6.45, 7) is 4.41. The van der Waals surface area contributed by atoms with Gasteiger partial charge in [-0.3, -0.25) is 0 Å². The van der Waals surface area contributed by atoms with E-state index in [-0.39, 0.29) is 0 Å². The highest BCUT2D eigenvalue weighted by Gasteiger charge is 1.96. The lowest BCUT2D eigenvalue weighted by Crippen LogP contribution is -1.91. The Labute approximate surface area is 116 Å². The minimum absolute atomic E-state index is 1.09. The second-order valence-electron chi connectivity index (χ2n) is 4.98. The van der Waals surface area contributed by atoms with Gasteiger partial charge in [0.1, 0.15) is 0 Å². The summed E-state index contributed by atoms with van der Waals surface area (Å²) >= 11 is 0. The molecule has 0 aliphatic carbocycles. The molecule has 0 radical (unpaired) electrons. The Kier molecular flexibility index (Phi) is 5.02. The van der Waals surface area contributed by atoms with Gasteiger partial charge in [0.05, 0.1) is 0 Å². The summed E-state index contributed by atoms with van der Waals surface area (Å²) in [6.07, 6.45) is 4.80. The van der Waals surface area contributed by atoms with Crippen LogP contribution in [0.15, 0.2) is 48.5 Å². The first kappa shape index (κ1) is 13.7. The SMILES string of the molecule is CCCCc1ccc(Nc2ccc(CC)cc2)cc1. The van der Waals surface area contributed by atoms with Gasteiger partial charge in [0.2, 0.25) is 0 Å². The number of hydrogen-bond donors (Lipinski definition) is 1. The summed E-state index contributed by atoms with van der Waals surface area (Å²) < 4.78 is 0. The zero-order valence-corrected chi connectivity index (χ0v) is 11.9. The molecular formula is C18H23N. The van der Waals surface area contributed by atoms with Gasteiger partial charge in [0.25, 0.3) is 0 Å². The Hall–Kier alpha value is -1.76. The van der Waals surface area contributed by atoms with Crippen LogP contribution in [0.4, 0.5) is 11.4 Å². The summed E-state index contributed by atoms with van der Waals surface area (Å²) in [5.41, 5.74) is 5.11. The van der Waals surface area contributed by atoms with E-state index in [1.54, 1.807) is 0 Å². The maximum absolute atomic E-state index is 3.44. The number of benzene rings is 2. The van der Waals surface area contributed by atoms with Crippen molar-refractivity contribution in [3.8, 4) is 0 Å². The Morgan fingerprint density at radius 2 is 1.26 bits per heavy atom. The van der Waals surface area contributed by atoms with Crippen molar-refractivity contribution >= 4 is 11.4 Å². The number of rotatable bonds is 6. The van der Waals surface area contributed by atoms with Gasteiger partial charge in [0, 0.05) is 11.4 Å². The van der Waals surface area contributed by atoms with E-state index in [1.807, 2.05) is 0 Å². The Bertz CT molecular complexity index is 482. The molecule has 0 saturated heterocycles. The smallest absolute Gasteiger partial charge is 0.0384 e. The lowest BCUT2D eigenvalue weighted by Gasteiger charge is -2.08. The lowest BCUT2D eigenvalue weighted by atomic mass is 10.1. The third kappa shape index (κ3) is 4.13. The van der Waals surface area contributed by atoms with Crippen LogP contribution < -0.4 is 5.32 Å². The molecule has 1 heteroatoms. The first-order valence-electron chi connectivity index (χ1n) is 7.26. The van der Waals surface area contributed by atoms with Crippen LogP contribution in [-0.2, 0) is 12.8 Å². The predicted octanol–water partition coefficient (Wildman–Crippen LogP) is 5.34. The summed E-state index contributed by atoms with van der Waals surface area (Å²) in [4.78, 5) is 0. The number of hydrogen-bond acceptors (Lipinski definition) is 1. The third-order valence-corrected chi connectivity index (χ3v) is 3.42. The molecule has 1 N–H and O–H groups in total. The topological polar surface area (TPSA) is 12.0 Å². The predicted molar refractivity (Wildman–Crippen MR) is 84.2 cm³/mol. The van der Waals surface area contributed by atoms with Crippen LogP contribution in [0.1, 0.15) is 37.8 Å². The molecule has 1 nitrogen and oxygen atoms in total. The molecule has 0 unspecified atom stereocenters. The Balaban J connectivity index is 1.98. The molecule has 0 aliphatic heterocycles. The Morgan fingerprint density at radius 1 is 0.737 bits per heavy atom. The molecule has 19 heavy (non-hydrogen) atoms. The van der Waals surface area contributed by atoms with Crippen LogP contribution in [0.25, 0.3) is 0 Å². The molecule has 0 aliphatic rings. The fraction of sp³-hybridized carbons (Fsp3) is 0.333. The normalized spacial score (nSPS) is 10.4. The second kappa shape index (κ2) is 6.98. The molecule has 2 aromatic carbocycles. The van der Waals surface area contributed by atoms with Gasteiger partial charge in [-0.1, -0.05) is 44.5 Å². The van der Waals surface area contributed by atoms with Crippen LogP contribution in [0.3, 0.4) is 0 Å². The van der Waals surface area contributed by atoms with Crippen LogP contribution >= 0.6 is 0 Å². The fourth-order valence-electron chi connectivity index (χ4n) is 2.13.